The van der Waals surface area contributed by atoms with Gasteiger partial charge >= 0.3 is 0 Å². The van der Waals surface area contributed by atoms with Gasteiger partial charge in [0.15, 0.2) is 9.84 Å². The van der Waals surface area contributed by atoms with Gasteiger partial charge in [-0.1, -0.05) is 32.9 Å². The van der Waals surface area contributed by atoms with Crippen LogP contribution in [0.15, 0.2) is 29.2 Å². The lowest BCUT2D eigenvalue weighted by Gasteiger charge is -2.06. The summed E-state index contributed by atoms with van der Waals surface area (Å²) in [5.41, 5.74) is 0.876. The third-order valence-corrected chi connectivity index (χ3v) is 4.73. The van der Waals surface area contributed by atoms with Crippen LogP contribution in [0.5, 0.6) is 0 Å². The average molecular weight is 282 g/mol. The van der Waals surface area contributed by atoms with Crippen molar-refractivity contribution in [1.82, 2.24) is 0 Å². The first-order chi connectivity index (χ1) is 8.85. The Labute approximate surface area is 116 Å². The summed E-state index contributed by atoms with van der Waals surface area (Å²) in [6.07, 6.45) is 1.55. The molecule has 0 heterocycles. The van der Waals surface area contributed by atoms with E-state index in [2.05, 4.69) is 0 Å². The molecule has 0 amide bonds. The first kappa shape index (κ1) is 15.9. The maximum Gasteiger partial charge on any atom is 0.178 e. The number of hydrogen-bond acceptors (Lipinski definition) is 3. The van der Waals surface area contributed by atoms with E-state index in [4.69, 9.17) is 0 Å². The second-order valence-electron chi connectivity index (χ2n) is 5.28. The molecule has 0 fully saturated rings. The third kappa shape index (κ3) is 5.15. The van der Waals surface area contributed by atoms with E-state index in [9.17, 15) is 13.2 Å². The van der Waals surface area contributed by atoms with Crippen LogP contribution in [0.1, 0.15) is 39.2 Å². The van der Waals surface area contributed by atoms with Crippen molar-refractivity contribution in [2.24, 2.45) is 5.92 Å². The highest BCUT2D eigenvalue weighted by Crippen LogP contribution is 2.14. The lowest BCUT2D eigenvalue weighted by Crippen LogP contribution is -2.08. The second-order valence-corrected chi connectivity index (χ2v) is 7.39. The molecule has 1 aromatic rings. The van der Waals surface area contributed by atoms with Crippen molar-refractivity contribution in [3.8, 4) is 0 Å². The summed E-state index contributed by atoms with van der Waals surface area (Å²) in [7, 11) is -3.16. The van der Waals surface area contributed by atoms with Gasteiger partial charge in [-0.05, 0) is 30.0 Å². The topological polar surface area (TPSA) is 51.2 Å². The minimum absolute atomic E-state index is 0.165. The van der Waals surface area contributed by atoms with E-state index < -0.39 is 9.84 Å². The first-order valence-corrected chi connectivity index (χ1v) is 8.33. The van der Waals surface area contributed by atoms with Crippen molar-refractivity contribution in [2.75, 3.05) is 5.75 Å². The summed E-state index contributed by atoms with van der Waals surface area (Å²) >= 11 is 0. The Hall–Kier alpha value is -1.16. The number of carbonyl (C=O) groups is 1. The quantitative estimate of drug-likeness (QED) is 0.772. The van der Waals surface area contributed by atoms with Crippen molar-refractivity contribution < 1.29 is 13.2 Å². The van der Waals surface area contributed by atoms with Gasteiger partial charge in [-0.3, -0.25) is 4.79 Å². The van der Waals surface area contributed by atoms with Gasteiger partial charge in [0.2, 0.25) is 0 Å². The highest BCUT2D eigenvalue weighted by atomic mass is 32.2. The summed E-state index contributed by atoms with van der Waals surface area (Å²) in [5.74, 6) is 0.717. The Kier molecular flexibility index (Phi) is 5.73. The number of Topliss-reactive ketones (excluding diaryl/α,β-unsaturated/α-hetero) is 1. The predicted octanol–water partition coefficient (Wildman–Crippen LogP) is 3.03. The summed E-state index contributed by atoms with van der Waals surface area (Å²) in [6, 6.07) is 6.67. The molecule has 1 rings (SSSR count). The largest absolute Gasteiger partial charge is 0.299 e. The zero-order valence-corrected chi connectivity index (χ0v) is 12.7. The van der Waals surface area contributed by atoms with Gasteiger partial charge in [-0.15, -0.1) is 0 Å². The molecule has 106 valence electrons. The molecule has 0 unspecified atom stereocenters. The van der Waals surface area contributed by atoms with Crippen LogP contribution in [0.3, 0.4) is 0 Å². The van der Waals surface area contributed by atoms with Gasteiger partial charge in [0.25, 0.3) is 0 Å². The SMILES string of the molecule is CCCS(=O)(=O)c1ccc(CC(=O)CC(C)C)cc1. The maximum atomic E-state index is 11.8. The van der Waals surface area contributed by atoms with Crippen molar-refractivity contribution >= 4 is 15.6 Å². The number of rotatable bonds is 7. The van der Waals surface area contributed by atoms with E-state index in [-0.39, 0.29) is 11.5 Å². The lowest BCUT2D eigenvalue weighted by atomic mass is 10.0. The van der Waals surface area contributed by atoms with Crippen LogP contribution in [0, 0.1) is 5.92 Å². The number of hydrogen-bond donors (Lipinski definition) is 0. The van der Waals surface area contributed by atoms with Crippen LogP contribution in [-0.2, 0) is 21.1 Å². The van der Waals surface area contributed by atoms with Gasteiger partial charge in [-0.2, -0.15) is 0 Å². The Morgan fingerprint density at radius 2 is 1.74 bits per heavy atom. The third-order valence-electron chi connectivity index (χ3n) is 2.79. The molecule has 0 saturated carbocycles. The molecule has 0 spiro atoms. The van der Waals surface area contributed by atoms with E-state index >= 15 is 0 Å². The number of carbonyl (C=O) groups excluding carboxylic acids is 1. The van der Waals surface area contributed by atoms with Crippen molar-refractivity contribution in [3.05, 3.63) is 29.8 Å². The molecule has 3 nitrogen and oxygen atoms in total. The van der Waals surface area contributed by atoms with Gasteiger partial charge in [-0.25, -0.2) is 8.42 Å². The number of benzene rings is 1. The van der Waals surface area contributed by atoms with E-state index in [0.717, 1.165) is 5.56 Å². The number of sulfone groups is 1. The molecule has 0 aliphatic heterocycles. The molecule has 0 N–H and O–H groups in total. The van der Waals surface area contributed by atoms with Gasteiger partial charge < -0.3 is 0 Å². The van der Waals surface area contributed by atoms with Crippen LogP contribution < -0.4 is 0 Å². The molecule has 0 aliphatic carbocycles. The van der Waals surface area contributed by atoms with Crippen LogP contribution >= 0.6 is 0 Å². The summed E-state index contributed by atoms with van der Waals surface area (Å²) in [6.45, 7) is 5.87. The van der Waals surface area contributed by atoms with E-state index in [1.165, 1.54) is 0 Å². The second kappa shape index (κ2) is 6.85. The summed E-state index contributed by atoms with van der Waals surface area (Å²) in [4.78, 5) is 12.0. The van der Waals surface area contributed by atoms with Crippen molar-refractivity contribution in [3.63, 3.8) is 0 Å². The van der Waals surface area contributed by atoms with E-state index in [1.807, 2.05) is 20.8 Å². The Morgan fingerprint density at radius 3 is 2.21 bits per heavy atom. The highest BCUT2D eigenvalue weighted by Gasteiger charge is 2.13. The monoisotopic (exact) mass is 282 g/mol. The fourth-order valence-corrected chi connectivity index (χ4v) is 3.28. The van der Waals surface area contributed by atoms with Gasteiger partial charge in [0, 0.05) is 12.8 Å². The Morgan fingerprint density at radius 1 is 1.16 bits per heavy atom. The fourth-order valence-electron chi connectivity index (χ4n) is 1.96. The fraction of sp³-hybridized carbons (Fsp3) is 0.533. The van der Waals surface area contributed by atoms with Crippen LogP contribution in [0.25, 0.3) is 0 Å². The molecule has 0 bridgehead atoms. The standard InChI is InChI=1S/C15H22O3S/c1-4-9-19(17,18)15-7-5-13(6-8-15)11-14(16)10-12(2)3/h5-8,12H,4,9-11H2,1-3H3. The van der Waals surface area contributed by atoms with Crippen molar-refractivity contribution in [1.29, 1.82) is 0 Å². The smallest absolute Gasteiger partial charge is 0.178 e. The minimum Gasteiger partial charge on any atom is -0.299 e. The van der Waals surface area contributed by atoms with Crippen LogP contribution in [-0.4, -0.2) is 20.0 Å². The van der Waals surface area contributed by atoms with Gasteiger partial charge in [0.1, 0.15) is 5.78 Å². The molecule has 0 atom stereocenters. The molecule has 19 heavy (non-hydrogen) atoms. The predicted molar refractivity (Wildman–Crippen MR) is 77.0 cm³/mol. The molecular weight excluding hydrogens is 260 g/mol. The molecule has 0 aliphatic rings. The first-order valence-electron chi connectivity index (χ1n) is 6.68. The van der Waals surface area contributed by atoms with Gasteiger partial charge in [0.05, 0.1) is 10.6 Å². The molecule has 1 aromatic carbocycles. The lowest BCUT2D eigenvalue weighted by molar-refractivity contribution is -0.119. The number of ketones is 1. The van der Waals surface area contributed by atoms with E-state index in [1.54, 1.807) is 24.3 Å². The Balaban J connectivity index is 2.75. The zero-order valence-electron chi connectivity index (χ0n) is 11.8. The highest BCUT2D eigenvalue weighted by molar-refractivity contribution is 7.91. The summed E-state index contributed by atoms with van der Waals surface area (Å²) < 4.78 is 23.7. The van der Waals surface area contributed by atoms with Crippen LogP contribution in [0.2, 0.25) is 0 Å². The molecule has 0 saturated heterocycles. The molecule has 0 aromatic heterocycles. The summed E-state index contributed by atoms with van der Waals surface area (Å²) in [5, 5.41) is 0. The normalized spacial score (nSPS) is 11.8. The maximum absolute atomic E-state index is 11.8. The molecular formula is C15H22O3S. The molecule has 0 radical (unpaired) electrons. The van der Waals surface area contributed by atoms with E-state index in [0.29, 0.717) is 30.1 Å². The van der Waals surface area contributed by atoms with Crippen LogP contribution in [0.4, 0.5) is 0 Å². The average Bonchev–Trinajstić information content (AvgIpc) is 2.28. The Bertz CT molecular complexity index is 513. The zero-order chi connectivity index (χ0) is 14.5. The minimum atomic E-state index is -3.16. The molecule has 4 heteroatoms. The van der Waals surface area contributed by atoms with Crippen molar-refractivity contribution in [2.45, 2.75) is 44.9 Å².